The highest BCUT2D eigenvalue weighted by molar-refractivity contribution is 7.89. The Morgan fingerprint density at radius 3 is 2.48 bits per heavy atom. The molecule has 0 fully saturated rings. The van der Waals surface area contributed by atoms with Crippen molar-refractivity contribution in [2.45, 2.75) is 24.2 Å². The van der Waals surface area contributed by atoms with Crippen LogP contribution in [0, 0.1) is 0 Å². The zero-order valence-electron chi connectivity index (χ0n) is 11.1. The number of alkyl halides is 2. The zero-order valence-corrected chi connectivity index (χ0v) is 12.0. The van der Waals surface area contributed by atoms with Crippen LogP contribution in [-0.4, -0.2) is 43.7 Å². The van der Waals surface area contributed by atoms with Crippen LogP contribution in [-0.2, 0) is 16.4 Å². The van der Waals surface area contributed by atoms with Gasteiger partial charge in [-0.15, -0.1) is 0 Å². The Morgan fingerprint density at radius 2 is 2.00 bits per heavy atom. The summed E-state index contributed by atoms with van der Waals surface area (Å²) in [5.74, 6) is -4.89. The Labute approximate surface area is 120 Å². The van der Waals surface area contributed by atoms with E-state index in [1.807, 2.05) is 0 Å². The average molecular weight is 323 g/mol. The second-order valence-electron chi connectivity index (χ2n) is 4.32. The first-order valence-electron chi connectivity index (χ1n) is 5.97. The first-order valence-corrected chi connectivity index (χ1v) is 7.46. The number of carbonyl (C=O) groups is 1. The number of rotatable bonds is 7. The molecule has 1 aromatic rings. The molecule has 0 aliphatic rings. The van der Waals surface area contributed by atoms with E-state index in [0.717, 1.165) is 12.1 Å². The molecular weight excluding hydrogens is 308 g/mol. The Bertz CT molecular complexity index is 631. The molecule has 0 aliphatic carbocycles. The number of carboxylic acid groups (broad SMARTS) is 1. The van der Waals surface area contributed by atoms with E-state index >= 15 is 0 Å². The normalized spacial score (nSPS) is 12.4. The van der Waals surface area contributed by atoms with Crippen LogP contribution in [0.25, 0.3) is 0 Å². The SMILES string of the molecule is CCc1ccc(S(=O)(=O)NCC(F)(F)CO)cc1C(=O)O. The molecule has 1 rings (SSSR count). The highest BCUT2D eigenvalue weighted by Crippen LogP contribution is 2.18. The minimum absolute atomic E-state index is 0.200. The summed E-state index contributed by atoms with van der Waals surface area (Å²) in [5.41, 5.74) is 0.233. The number of aryl methyl sites for hydroxylation is 1. The van der Waals surface area contributed by atoms with E-state index in [4.69, 9.17) is 10.2 Å². The average Bonchev–Trinajstić information content (AvgIpc) is 2.44. The van der Waals surface area contributed by atoms with Crippen LogP contribution in [0.3, 0.4) is 0 Å². The van der Waals surface area contributed by atoms with Crippen molar-refractivity contribution in [2.75, 3.05) is 13.2 Å². The molecule has 0 aromatic heterocycles. The summed E-state index contributed by atoms with van der Waals surface area (Å²) in [6.07, 6.45) is 0.387. The zero-order chi connectivity index (χ0) is 16.3. The van der Waals surface area contributed by atoms with E-state index in [2.05, 4.69) is 0 Å². The third-order valence-corrected chi connectivity index (χ3v) is 4.15. The Morgan fingerprint density at radius 1 is 1.38 bits per heavy atom. The standard InChI is InChI=1S/C12H15F2NO5S/c1-2-8-3-4-9(5-10(8)11(17)18)21(19,20)15-6-12(13,14)7-16/h3-5,15-16H,2,6-7H2,1H3,(H,17,18). The van der Waals surface area contributed by atoms with E-state index in [-0.39, 0.29) is 5.56 Å². The quantitative estimate of drug-likeness (QED) is 0.690. The number of sulfonamides is 1. The first-order chi connectivity index (χ1) is 9.63. The fourth-order valence-corrected chi connectivity index (χ4v) is 2.66. The van der Waals surface area contributed by atoms with Crippen LogP contribution < -0.4 is 4.72 Å². The van der Waals surface area contributed by atoms with Gasteiger partial charge in [-0.2, -0.15) is 0 Å². The number of aliphatic hydroxyl groups is 1. The molecule has 0 saturated carbocycles. The van der Waals surface area contributed by atoms with Gasteiger partial charge in [-0.3, -0.25) is 0 Å². The summed E-state index contributed by atoms with van der Waals surface area (Å²) in [5, 5.41) is 17.4. The number of hydrogen-bond acceptors (Lipinski definition) is 4. The van der Waals surface area contributed by atoms with E-state index in [1.165, 1.54) is 6.07 Å². The molecule has 118 valence electrons. The summed E-state index contributed by atoms with van der Waals surface area (Å²) in [4.78, 5) is 10.6. The van der Waals surface area contributed by atoms with Crippen molar-refractivity contribution in [1.29, 1.82) is 0 Å². The highest BCUT2D eigenvalue weighted by Gasteiger charge is 2.30. The number of benzene rings is 1. The maximum atomic E-state index is 12.9. The minimum atomic E-state index is -4.29. The van der Waals surface area contributed by atoms with Gasteiger partial charge in [0.05, 0.1) is 17.0 Å². The van der Waals surface area contributed by atoms with Crippen molar-refractivity contribution in [3.63, 3.8) is 0 Å². The predicted molar refractivity (Wildman–Crippen MR) is 70.0 cm³/mol. The predicted octanol–water partition coefficient (Wildman–Crippen LogP) is 0.853. The van der Waals surface area contributed by atoms with Crippen molar-refractivity contribution in [3.8, 4) is 0 Å². The smallest absolute Gasteiger partial charge is 0.336 e. The van der Waals surface area contributed by atoms with Crippen LogP contribution in [0.5, 0.6) is 0 Å². The van der Waals surface area contributed by atoms with E-state index < -0.39 is 40.0 Å². The number of halogens is 2. The number of aromatic carboxylic acids is 1. The molecule has 21 heavy (non-hydrogen) atoms. The van der Waals surface area contributed by atoms with Crippen LogP contribution in [0.2, 0.25) is 0 Å². The molecular formula is C12H15F2NO5S. The molecule has 0 radical (unpaired) electrons. The van der Waals surface area contributed by atoms with Gasteiger partial charge in [-0.1, -0.05) is 13.0 Å². The lowest BCUT2D eigenvalue weighted by atomic mass is 10.1. The second kappa shape index (κ2) is 6.46. The number of aliphatic hydroxyl groups excluding tert-OH is 1. The summed E-state index contributed by atoms with van der Waals surface area (Å²) in [6.45, 7) is -1.07. The Balaban J connectivity index is 3.09. The lowest BCUT2D eigenvalue weighted by Crippen LogP contribution is -2.39. The third-order valence-electron chi connectivity index (χ3n) is 2.76. The van der Waals surface area contributed by atoms with Gasteiger partial charge >= 0.3 is 5.97 Å². The van der Waals surface area contributed by atoms with E-state index in [1.54, 1.807) is 11.6 Å². The summed E-state index contributed by atoms with van der Waals surface area (Å²) < 4.78 is 51.0. The largest absolute Gasteiger partial charge is 0.478 e. The van der Waals surface area contributed by atoms with Crippen molar-refractivity contribution in [3.05, 3.63) is 29.3 Å². The van der Waals surface area contributed by atoms with Gasteiger partial charge in [0.15, 0.2) is 0 Å². The number of carboxylic acids is 1. The van der Waals surface area contributed by atoms with Gasteiger partial charge in [0, 0.05) is 0 Å². The molecule has 6 nitrogen and oxygen atoms in total. The molecule has 0 amide bonds. The van der Waals surface area contributed by atoms with Crippen molar-refractivity contribution in [1.82, 2.24) is 4.72 Å². The molecule has 0 unspecified atom stereocenters. The molecule has 0 spiro atoms. The number of hydrogen-bond donors (Lipinski definition) is 3. The molecule has 0 saturated heterocycles. The van der Waals surface area contributed by atoms with Crippen LogP contribution in [0.15, 0.2) is 23.1 Å². The van der Waals surface area contributed by atoms with E-state index in [0.29, 0.717) is 12.0 Å². The van der Waals surface area contributed by atoms with Crippen LogP contribution in [0.1, 0.15) is 22.8 Å². The van der Waals surface area contributed by atoms with Gasteiger partial charge in [0.25, 0.3) is 5.92 Å². The Hall–Kier alpha value is -1.58. The van der Waals surface area contributed by atoms with Gasteiger partial charge in [0.1, 0.15) is 6.61 Å². The first kappa shape index (κ1) is 17.5. The maximum Gasteiger partial charge on any atom is 0.336 e. The van der Waals surface area contributed by atoms with Gasteiger partial charge in [0.2, 0.25) is 10.0 Å². The fourth-order valence-electron chi connectivity index (χ4n) is 1.57. The van der Waals surface area contributed by atoms with Crippen LogP contribution >= 0.6 is 0 Å². The molecule has 9 heteroatoms. The van der Waals surface area contributed by atoms with Crippen molar-refractivity contribution < 1.29 is 32.2 Å². The fraction of sp³-hybridized carbons (Fsp3) is 0.417. The van der Waals surface area contributed by atoms with Gasteiger partial charge in [-0.25, -0.2) is 26.7 Å². The maximum absolute atomic E-state index is 12.9. The molecule has 0 aliphatic heterocycles. The summed E-state index contributed by atoms with van der Waals surface area (Å²) in [7, 11) is -4.29. The van der Waals surface area contributed by atoms with Gasteiger partial charge in [-0.05, 0) is 24.1 Å². The highest BCUT2D eigenvalue weighted by atomic mass is 32.2. The van der Waals surface area contributed by atoms with E-state index in [9.17, 15) is 22.0 Å². The third kappa shape index (κ3) is 4.45. The second-order valence-corrected chi connectivity index (χ2v) is 6.08. The van der Waals surface area contributed by atoms with Gasteiger partial charge < -0.3 is 10.2 Å². The lowest BCUT2D eigenvalue weighted by Gasteiger charge is -2.15. The molecule has 0 atom stereocenters. The van der Waals surface area contributed by atoms with Crippen molar-refractivity contribution >= 4 is 16.0 Å². The summed E-state index contributed by atoms with van der Waals surface area (Å²) >= 11 is 0. The molecule has 3 N–H and O–H groups in total. The number of nitrogens with one attached hydrogen (secondary N) is 1. The van der Waals surface area contributed by atoms with Crippen molar-refractivity contribution in [2.24, 2.45) is 0 Å². The minimum Gasteiger partial charge on any atom is -0.478 e. The summed E-state index contributed by atoms with van der Waals surface area (Å²) in [6, 6.07) is 3.38. The molecule has 1 aromatic carbocycles. The monoisotopic (exact) mass is 323 g/mol. The molecule has 0 heterocycles. The lowest BCUT2D eigenvalue weighted by molar-refractivity contribution is -0.0437. The Kier molecular flexibility index (Phi) is 5.37. The molecule has 0 bridgehead atoms. The van der Waals surface area contributed by atoms with Crippen LogP contribution in [0.4, 0.5) is 8.78 Å². The topological polar surface area (TPSA) is 104 Å².